The molecule has 0 saturated heterocycles. The number of fused-ring (bicyclic) bond motifs is 1. The molecule has 1 aliphatic rings. The second-order valence-corrected chi connectivity index (χ2v) is 9.37. The lowest BCUT2D eigenvalue weighted by Gasteiger charge is -2.24. The van der Waals surface area contributed by atoms with Crippen LogP contribution in [0.1, 0.15) is 24.3 Å². The normalized spacial score (nSPS) is 15.1. The molecule has 0 radical (unpaired) electrons. The Morgan fingerprint density at radius 1 is 1.16 bits per heavy atom. The smallest absolute Gasteiger partial charge is 0.338 e. The second kappa shape index (κ2) is 9.94. The molecular formula is C27H21N3O7S. The number of rotatable bonds is 6. The number of nitro groups is 1. The number of methoxy groups -OCH3 is 2. The van der Waals surface area contributed by atoms with Crippen LogP contribution in [0.25, 0.3) is 17.4 Å². The van der Waals surface area contributed by atoms with Crippen LogP contribution in [-0.4, -0.2) is 29.7 Å². The van der Waals surface area contributed by atoms with Crippen molar-refractivity contribution in [3.05, 3.63) is 113 Å². The van der Waals surface area contributed by atoms with E-state index in [2.05, 4.69) is 4.99 Å². The minimum absolute atomic E-state index is 0.0518. The average Bonchev–Trinajstić information content (AvgIpc) is 3.52. The van der Waals surface area contributed by atoms with E-state index < -0.39 is 16.9 Å². The first-order chi connectivity index (χ1) is 18.3. The van der Waals surface area contributed by atoms with Crippen molar-refractivity contribution in [1.29, 1.82) is 0 Å². The van der Waals surface area contributed by atoms with Gasteiger partial charge in [-0.1, -0.05) is 35.6 Å². The standard InChI is InChI=1S/C27H21N3O7S/c1-15-23(26(32)36-3)24(16-7-9-19(35-2)10-8-16)29-25(31)22(38-27(29)28-15)14-20-11-12-21(37-20)17-5-4-6-18(13-17)30(33)34/h4-14,24H,1-3H3/b22-14+/t24-/m0/s1. The molecule has 10 nitrogen and oxygen atoms in total. The lowest BCUT2D eigenvalue weighted by Crippen LogP contribution is -2.39. The molecule has 0 aliphatic carbocycles. The molecule has 4 aromatic rings. The molecule has 2 aromatic carbocycles. The molecular weight excluding hydrogens is 510 g/mol. The Bertz CT molecular complexity index is 1780. The monoisotopic (exact) mass is 531 g/mol. The summed E-state index contributed by atoms with van der Waals surface area (Å²) in [5.41, 5.74) is 1.55. The maximum atomic E-state index is 13.7. The van der Waals surface area contributed by atoms with Crippen molar-refractivity contribution < 1.29 is 23.6 Å². The molecule has 0 fully saturated rings. The van der Waals surface area contributed by atoms with Crippen molar-refractivity contribution in [2.75, 3.05) is 14.2 Å². The molecule has 0 spiro atoms. The third-order valence-electron chi connectivity index (χ3n) is 6.10. The van der Waals surface area contributed by atoms with Gasteiger partial charge in [-0.2, -0.15) is 0 Å². The van der Waals surface area contributed by atoms with Gasteiger partial charge >= 0.3 is 5.97 Å². The zero-order valence-electron chi connectivity index (χ0n) is 20.5. The van der Waals surface area contributed by atoms with E-state index >= 15 is 0 Å². The second-order valence-electron chi connectivity index (χ2n) is 8.36. The maximum Gasteiger partial charge on any atom is 0.338 e. The zero-order valence-corrected chi connectivity index (χ0v) is 21.4. The minimum atomic E-state index is -0.746. The van der Waals surface area contributed by atoms with Gasteiger partial charge in [0, 0.05) is 23.8 Å². The van der Waals surface area contributed by atoms with Gasteiger partial charge < -0.3 is 13.9 Å². The van der Waals surface area contributed by atoms with E-state index in [0.29, 0.717) is 43.4 Å². The summed E-state index contributed by atoms with van der Waals surface area (Å²) < 4.78 is 18.0. The molecule has 5 rings (SSSR count). The molecule has 38 heavy (non-hydrogen) atoms. The molecule has 0 bridgehead atoms. The third kappa shape index (κ3) is 4.43. The Morgan fingerprint density at radius 3 is 2.61 bits per heavy atom. The lowest BCUT2D eigenvalue weighted by atomic mass is 9.96. The van der Waals surface area contributed by atoms with Gasteiger partial charge in [-0.15, -0.1) is 0 Å². The number of thiazole rings is 1. The van der Waals surface area contributed by atoms with Crippen molar-refractivity contribution in [3.63, 3.8) is 0 Å². The van der Waals surface area contributed by atoms with Crippen LogP contribution < -0.4 is 19.6 Å². The van der Waals surface area contributed by atoms with Crippen LogP contribution >= 0.6 is 11.3 Å². The first-order valence-electron chi connectivity index (χ1n) is 11.4. The third-order valence-corrected chi connectivity index (χ3v) is 7.08. The summed E-state index contributed by atoms with van der Waals surface area (Å²) in [5.74, 6) is 0.877. The van der Waals surface area contributed by atoms with Crippen LogP contribution in [-0.2, 0) is 9.53 Å². The Morgan fingerprint density at radius 2 is 1.92 bits per heavy atom. The highest BCUT2D eigenvalue weighted by Gasteiger charge is 2.33. The zero-order chi connectivity index (χ0) is 27.0. The molecule has 1 atom stereocenters. The van der Waals surface area contributed by atoms with E-state index in [4.69, 9.17) is 13.9 Å². The molecule has 0 unspecified atom stereocenters. The number of furan rings is 1. The molecule has 0 saturated carbocycles. The maximum absolute atomic E-state index is 13.7. The highest BCUT2D eigenvalue weighted by Crippen LogP contribution is 2.31. The highest BCUT2D eigenvalue weighted by atomic mass is 32.1. The van der Waals surface area contributed by atoms with Crippen LogP contribution in [0, 0.1) is 10.1 Å². The fourth-order valence-electron chi connectivity index (χ4n) is 4.28. The number of esters is 1. The number of hydrogen-bond acceptors (Lipinski definition) is 9. The Labute approximate surface area is 219 Å². The Kier molecular flexibility index (Phi) is 6.52. The summed E-state index contributed by atoms with van der Waals surface area (Å²) in [5, 5.41) is 11.1. The number of benzene rings is 2. The summed E-state index contributed by atoms with van der Waals surface area (Å²) in [6, 6.07) is 15.8. The van der Waals surface area contributed by atoms with E-state index in [1.54, 1.807) is 68.6 Å². The Balaban J connectivity index is 1.61. The van der Waals surface area contributed by atoms with Gasteiger partial charge in [0.2, 0.25) is 0 Å². The molecule has 2 aromatic heterocycles. The molecule has 1 aliphatic heterocycles. The van der Waals surface area contributed by atoms with Gasteiger partial charge in [0.25, 0.3) is 11.2 Å². The van der Waals surface area contributed by atoms with Crippen molar-refractivity contribution in [1.82, 2.24) is 4.57 Å². The van der Waals surface area contributed by atoms with Gasteiger partial charge in [0.05, 0.1) is 41.0 Å². The number of allylic oxidation sites excluding steroid dienone is 1. The first kappa shape index (κ1) is 24.9. The number of nitro benzene ring substituents is 1. The fraction of sp³-hybridized carbons (Fsp3) is 0.148. The summed E-state index contributed by atoms with van der Waals surface area (Å²) >= 11 is 1.17. The molecule has 0 N–H and O–H groups in total. The number of aromatic nitrogens is 1. The molecule has 192 valence electrons. The van der Waals surface area contributed by atoms with Crippen molar-refractivity contribution in [3.8, 4) is 17.1 Å². The van der Waals surface area contributed by atoms with Crippen molar-refractivity contribution >= 4 is 29.1 Å². The summed E-state index contributed by atoms with van der Waals surface area (Å²) in [6.45, 7) is 1.71. The van der Waals surface area contributed by atoms with Gasteiger partial charge in [-0.3, -0.25) is 19.5 Å². The summed E-state index contributed by atoms with van der Waals surface area (Å²) in [6.07, 6.45) is 1.59. The molecule has 3 heterocycles. The highest BCUT2D eigenvalue weighted by molar-refractivity contribution is 7.07. The van der Waals surface area contributed by atoms with E-state index in [1.165, 1.54) is 35.1 Å². The Hall–Kier alpha value is -4.77. The van der Waals surface area contributed by atoms with Gasteiger partial charge in [-0.25, -0.2) is 9.79 Å². The van der Waals surface area contributed by atoms with Crippen LogP contribution in [0.4, 0.5) is 5.69 Å². The number of nitrogens with zero attached hydrogens (tertiary/aromatic N) is 3. The van der Waals surface area contributed by atoms with Crippen LogP contribution in [0.15, 0.2) is 86.1 Å². The molecule has 0 amide bonds. The minimum Gasteiger partial charge on any atom is -0.497 e. The van der Waals surface area contributed by atoms with E-state index in [0.717, 1.165) is 0 Å². The quantitative estimate of drug-likeness (QED) is 0.211. The van der Waals surface area contributed by atoms with Gasteiger partial charge in [0.15, 0.2) is 4.80 Å². The lowest BCUT2D eigenvalue weighted by molar-refractivity contribution is -0.384. The average molecular weight is 532 g/mol. The number of ether oxygens (including phenoxy) is 2. The van der Waals surface area contributed by atoms with Crippen LogP contribution in [0.2, 0.25) is 0 Å². The largest absolute Gasteiger partial charge is 0.497 e. The molecule has 11 heteroatoms. The SMILES string of the molecule is COC(=O)C1=C(C)N=c2s/c(=C/c3ccc(-c4cccc([N+](=O)[O-])c4)o3)c(=O)n2[C@H]1c1ccc(OC)cc1. The predicted octanol–water partition coefficient (Wildman–Crippen LogP) is 3.59. The van der Waals surface area contributed by atoms with Crippen LogP contribution in [0.3, 0.4) is 0 Å². The van der Waals surface area contributed by atoms with Crippen LogP contribution in [0.5, 0.6) is 5.75 Å². The van der Waals surface area contributed by atoms with Crippen molar-refractivity contribution in [2.24, 2.45) is 4.99 Å². The van der Waals surface area contributed by atoms with Crippen molar-refractivity contribution in [2.45, 2.75) is 13.0 Å². The van der Waals surface area contributed by atoms with E-state index in [-0.39, 0.29) is 16.8 Å². The van der Waals surface area contributed by atoms with E-state index in [9.17, 15) is 19.7 Å². The predicted molar refractivity (Wildman–Crippen MR) is 140 cm³/mol. The van der Waals surface area contributed by atoms with Gasteiger partial charge in [0.1, 0.15) is 17.3 Å². The number of non-ortho nitro benzene ring substituents is 1. The number of carbonyl (C=O) groups is 1. The number of carbonyl (C=O) groups excluding carboxylic acids is 1. The topological polar surface area (TPSA) is 126 Å². The first-order valence-corrected chi connectivity index (χ1v) is 12.2. The summed E-state index contributed by atoms with van der Waals surface area (Å²) in [7, 11) is 2.84. The van der Waals surface area contributed by atoms with E-state index in [1.807, 2.05) is 0 Å². The van der Waals surface area contributed by atoms with Gasteiger partial charge in [-0.05, 0) is 36.8 Å². The fourth-order valence-corrected chi connectivity index (χ4v) is 5.31. The summed E-state index contributed by atoms with van der Waals surface area (Å²) in [4.78, 5) is 42.0. The number of hydrogen-bond donors (Lipinski definition) is 0.